The molecule has 0 radical (unpaired) electrons. The Labute approximate surface area is 192 Å². The molecule has 0 saturated carbocycles. The molecule has 8 heteroatoms. The summed E-state index contributed by atoms with van der Waals surface area (Å²) in [7, 11) is 0. The van der Waals surface area contributed by atoms with Crippen molar-refractivity contribution in [2.75, 3.05) is 26.3 Å². The number of unbranched alkanes of at least 4 members (excludes halogenated alkanes) is 3. The number of hydrogen-bond acceptors (Lipinski definition) is 5. The molecule has 1 aliphatic carbocycles. The van der Waals surface area contributed by atoms with Crippen molar-refractivity contribution in [3.63, 3.8) is 0 Å². The van der Waals surface area contributed by atoms with Gasteiger partial charge in [-0.1, -0.05) is 55.3 Å². The van der Waals surface area contributed by atoms with Gasteiger partial charge in [0.05, 0.1) is 11.8 Å². The minimum Gasteiger partial charge on any atom is -0.506 e. The summed E-state index contributed by atoms with van der Waals surface area (Å²) >= 11 is 0. The molecule has 1 aromatic rings. The normalized spacial score (nSPS) is 18.9. The number of alkyl halides is 2. The van der Waals surface area contributed by atoms with Gasteiger partial charge in [-0.3, -0.25) is 4.79 Å². The van der Waals surface area contributed by atoms with Crippen molar-refractivity contribution in [1.82, 2.24) is 5.32 Å². The molecule has 1 aromatic carbocycles. The lowest BCUT2D eigenvalue weighted by Gasteiger charge is -2.27. The lowest BCUT2D eigenvalue weighted by atomic mass is 9.84. The van der Waals surface area contributed by atoms with Crippen LogP contribution in [0, 0.1) is 5.92 Å². The fourth-order valence-corrected chi connectivity index (χ4v) is 3.79. The Balaban J connectivity index is 1.25. The molecule has 3 rings (SSSR count). The summed E-state index contributed by atoms with van der Waals surface area (Å²) in [4.78, 5) is 15.3. The minimum absolute atomic E-state index is 0.0356. The van der Waals surface area contributed by atoms with Crippen molar-refractivity contribution in [2.45, 2.75) is 37.7 Å². The number of fused-ring (bicyclic) bond motifs is 1. The fraction of sp³-hybridized carbons (Fsp3) is 0.440. The SMILES string of the molecule is O=C1C=CC2C(C(O)CNCCCCCCOCC(F)(F)c3ccccc3)=CC=C(O)C2=N1. The van der Waals surface area contributed by atoms with Gasteiger partial charge in [0.25, 0.3) is 11.8 Å². The third-order valence-electron chi connectivity index (χ3n) is 5.61. The van der Waals surface area contributed by atoms with E-state index in [-0.39, 0.29) is 17.0 Å². The van der Waals surface area contributed by atoms with Crippen molar-refractivity contribution in [1.29, 1.82) is 0 Å². The lowest BCUT2D eigenvalue weighted by molar-refractivity contribution is -0.113. The van der Waals surface area contributed by atoms with Crippen LogP contribution >= 0.6 is 0 Å². The van der Waals surface area contributed by atoms with Crippen LogP contribution in [-0.2, 0) is 15.5 Å². The van der Waals surface area contributed by atoms with Crippen LogP contribution in [0.3, 0.4) is 0 Å². The molecule has 178 valence electrons. The summed E-state index contributed by atoms with van der Waals surface area (Å²) in [6.07, 6.45) is 8.70. The Hall–Kier alpha value is -2.68. The first-order chi connectivity index (χ1) is 15.9. The predicted molar refractivity (Wildman–Crippen MR) is 122 cm³/mol. The number of nitrogens with zero attached hydrogens (tertiary/aromatic N) is 1. The van der Waals surface area contributed by atoms with Crippen LogP contribution in [0.25, 0.3) is 0 Å². The van der Waals surface area contributed by atoms with E-state index in [4.69, 9.17) is 4.74 Å². The van der Waals surface area contributed by atoms with E-state index in [0.717, 1.165) is 19.3 Å². The number of nitrogens with one attached hydrogen (secondary N) is 1. The Kier molecular flexibility index (Phi) is 9.05. The smallest absolute Gasteiger partial charge is 0.296 e. The number of aliphatic hydroxyl groups is 2. The van der Waals surface area contributed by atoms with E-state index in [1.807, 2.05) is 0 Å². The number of aliphatic hydroxyl groups excluding tert-OH is 2. The van der Waals surface area contributed by atoms with Crippen molar-refractivity contribution >= 4 is 11.6 Å². The number of amides is 1. The Morgan fingerprint density at radius 2 is 1.88 bits per heavy atom. The Morgan fingerprint density at radius 1 is 1.12 bits per heavy atom. The molecule has 0 fully saturated rings. The molecule has 0 aromatic heterocycles. The fourth-order valence-electron chi connectivity index (χ4n) is 3.79. The molecule has 2 aliphatic rings. The van der Waals surface area contributed by atoms with Gasteiger partial charge in [0.2, 0.25) is 0 Å². The predicted octanol–water partition coefficient (Wildman–Crippen LogP) is 3.84. The second kappa shape index (κ2) is 12.0. The molecule has 2 unspecified atom stereocenters. The average molecular weight is 461 g/mol. The number of rotatable bonds is 13. The number of aliphatic imine (C=N–C) groups is 1. The van der Waals surface area contributed by atoms with Gasteiger partial charge < -0.3 is 20.3 Å². The summed E-state index contributed by atoms with van der Waals surface area (Å²) < 4.78 is 33.2. The molecule has 1 heterocycles. The minimum atomic E-state index is -2.98. The van der Waals surface area contributed by atoms with Gasteiger partial charge >= 0.3 is 0 Å². The molecule has 2 atom stereocenters. The summed E-state index contributed by atoms with van der Waals surface area (Å²) in [6.45, 7) is 0.725. The van der Waals surface area contributed by atoms with E-state index in [1.54, 1.807) is 30.4 Å². The number of dihydropyridines is 1. The zero-order chi connectivity index (χ0) is 23.7. The molecular formula is C25H30F2N2O4. The molecule has 6 nitrogen and oxygen atoms in total. The van der Waals surface area contributed by atoms with Crippen molar-refractivity contribution in [2.24, 2.45) is 10.9 Å². The second-order valence-corrected chi connectivity index (χ2v) is 8.15. The monoisotopic (exact) mass is 460 g/mol. The second-order valence-electron chi connectivity index (χ2n) is 8.15. The van der Waals surface area contributed by atoms with Gasteiger partial charge in [-0.2, -0.15) is 8.78 Å². The molecule has 3 N–H and O–H groups in total. The lowest BCUT2D eigenvalue weighted by Crippen LogP contribution is -2.35. The third-order valence-corrected chi connectivity index (χ3v) is 5.61. The molecule has 0 bridgehead atoms. The first kappa shape index (κ1) is 25.0. The van der Waals surface area contributed by atoms with Gasteiger partial charge in [-0.15, -0.1) is 0 Å². The molecule has 1 amide bonds. The van der Waals surface area contributed by atoms with Crippen molar-refractivity contribution in [3.8, 4) is 0 Å². The van der Waals surface area contributed by atoms with E-state index < -0.39 is 30.5 Å². The first-order valence-electron chi connectivity index (χ1n) is 11.2. The number of carbonyl (C=O) groups is 1. The van der Waals surface area contributed by atoms with Gasteiger partial charge in [0.1, 0.15) is 12.4 Å². The van der Waals surface area contributed by atoms with Crippen molar-refractivity contribution < 1.29 is 28.5 Å². The Bertz CT molecular complexity index is 926. The molecule has 0 saturated heterocycles. The highest BCUT2D eigenvalue weighted by atomic mass is 19.3. The molecular weight excluding hydrogens is 430 g/mol. The zero-order valence-corrected chi connectivity index (χ0v) is 18.4. The quantitative estimate of drug-likeness (QED) is 0.389. The first-order valence-corrected chi connectivity index (χ1v) is 11.2. The van der Waals surface area contributed by atoms with Crippen LogP contribution in [0.15, 0.2) is 71.0 Å². The van der Waals surface area contributed by atoms with Crippen LogP contribution in [0.2, 0.25) is 0 Å². The summed E-state index contributed by atoms with van der Waals surface area (Å²) in [5, 5.41) is 23.6. The number of halogens is 2. The van der Waals surface area contributed by atoms with E-state index >= 15 is 0 Å². The highest BCUT2D eigenvalue weighted by molar-refractivity contribution is 6.13. The highest BCUT2D eigenvalue weighted by Crippen LogP contribution is 2.29. The van der Waals surface area contributed by atoms with Crippen LogP contribution < -0.4 is 5.32 Å². The largest absolute Gasteiger partial charge is 0.506 e. The standard InChI is InChI=1S/C25H30F2N2O4/c26-25(27,18-8-4-3-5-9-18)17-33-15-7-2-1-6-14-28-16-22(31)19-10-12-21(30)24-20(19)11-13-23(32)29-24/h3-5,8-13,20,22,28,30-31H,1-2,6-7,14-17H2. The van der Waals surface area contributed by atoms with Crippen LogP contribution in [0.4, 0.5) is 8.78 Å². The van der Waals surface area contributed by atoms with E-state index in [1.165, 1.54) is 24.3 Å². The van der Waals surface area contributed by atoms with E-state index in [2.05, 4.69) is 10.3 Å². The Morgan fingerprint density at radius 3 is 2.67 bits per heavy atom. The maximum Gasteiger partial charge on any atom is 0.296 e. The van der Waals surface area contributed by atoms with Crippen LogP contribution in [0.1, 0.15) is 31.2 Å². The summed E-state index contributed by atoms with van der Waals surface area (Å²) in [5.74, 6) is -3.87. The van der Waals surface area contributed by atoms with Gasteiger partial charge in [0.15, 0.2) is 0 Å². The van der Waals surface area contributed by atoms with E-state index in [9.17, 15) is 23.8 Å². The number of hydrogen-bond donors (Lipinski definition) is 3. The number of ether oxygens (including phenoxy) is 1. The third kappa shape index (κ3) is 7.15. The van der Waals surface area contributed by atoms with E-state index in [0.29, 0.717) is 31.7 Å². The van der Waals surface area contributed by atoms with Crippen LogP contribution in [0.5, 0.6) is 0 Å². The van der Waals surface area contributed by atoms with Crippen LogP contribution in [-0.4, -0.2) is 54.2 Å². The number of allylic oxidation sites excluding steroid dienone is 4. The molecule has 1 aliphatic heterocycles. The maximum absolute atomic E-state index is 14.0. The zero-order valence-electron chi connectivity index (χ0n) is 18.4. The van der Waals surface area contributed by atoms with Gasteiger partial charge in [-0.25, -0.2) is 4.99 Å². The van der Waals surface area contributed by atoms with Gasteiger partial charge in [-0.05, 0) is 31.0 Å². The highest BCUT2D eigenvalue weighted by Gasteiger charge is 2.32. The molecule has 33 heavy (non-hydrogen) atoms. The number of carbonyl (C=O) groups excluding carboxylic acids is 1. The van der Waals surface area contributed by atoms with Crippen molar-refractivity contribution in [3.05, 3.63) is 71.5 Å². The number of benzene rings is 1. The average Bonchev–Trinajstić information content (AvgIpc) is 2.81. The van der Waals surface area contributed by atoms with Gasteiger partial charge in [0, 0.05) is 30.7 Å². The molecule has 0 spiro atoms. The maximum atomic E-state index is 14.0. The topological polar surface area (TPSA) is 91.2 Å². The summed E-state index contributed by atoms with van der Waals surface area (Å²) in [6, 6.07) is 7.68. The summed E-state index contributed by atoms with van der Waals surface area (Å²) in [5.41, 5.74) is 0.904.